The summed E-state index contributed by atoms with van der Waals surface area (Å²) in [5, 5.41) is 4.70. The zero-order valence-corrected chi connectivity index (χ0v) is 7.92. The number of imide groups is 1. The maximum absolute atomic E-state index is 10.8. The van der Waals surface area contributed by atoms with Gasteiger partial charge in [-0.05, 0) is 0 Å². The van der Waals surface area contributed by atoms with Crippen molar-refractivity contribution < 1.29 is 9.59 Å². The molecule has 11 heavy (non-hydrogen) atoms. The highest BCUT2D eigenvalue weighted by Gasteiger charge is 2.16. The summed E-state index contributed by atoms with van der Waals surface area (Å²) in [6.07, 6.45) is 0. The summed E-state index contributed by atoms with van der Waals surface area (Å²) in [5.74, 6) is -0.253. The van der Waals surface area contributed by atoms with E-state index in [4.69, 9.17) is 0 Å². The van der Waals surface area contributed by atoms with Crippen LogP contribution in [0.4, 0.5) is 4.79 Å². The zero-order chi connectivity index (χ0) is 8.27. The summed E-state index contributed by atoms with van der Waals surface area (Å²) in [5.41, 5.74) is 0. The van der Waals surface area contributed by atoms with E-state index in [-0.39, 0.29) is 12.5 Å². The van der Waals surface area contributed by atoms with Gasteiger partial charge in [-0.25, -0.2) is 4.79 Å². The second kappa shape index (κ2) is 3.86. The van der Waals surface area contributed by atoms with Crippen molar-refractivity contribution in [2.75, 3.05) is 17.8 Å². The van der Waals surface area contributed by atoms with Gasteiger partial charge in [-0.15, -0.1) is 0 Å². The fourth-order valence-corrected chi connectivity index (χ4v) is 1.22. The lowest BCUT2D eigenvalue weighted by Gasteiger charge is -2.13. The summed E-state index contributed by atoms with van der Waals surface area (Å²) in [6, 6.07) is -0.414. The van der Waals surface area contributed by atoms with E-state index in [9.17, 15) is 9.59 Å². The quantitative estimate of drug-likeness (QED) is 0.382. The molecule has 1 aliphatic heterocycles. The lowest BCUT2D eigenvalue weighted by Crippen LogP contribution is -2.36. The van der Waals surface area contributed by atoms with Crippen LogP contribution in [0, 0.1) is 0 Å². The van der Waals surface area contributed by atoms with Crippen molar-refractivity contribution in [3.63, 3.8) is 0 Å². The van der Waals surface area contributed by atoms with Crippen LogP contribution in [0.3, 0.4) is 0 Å². The number of nitrogens with zero attached hydrogens (tertiary/aromatic N) is 1. The molecule has 2 N–H and O–H groups in total. The van der Waals surface area contributed by atoms with Crippen molar-refractivity contribution in [2.24, 2.45) is 0 Å². The molecule has 0 aromatic rings. The number of hydrogen-bond acceptors (Lipinski definition) is 3. The number of nitrogens with one attached hydrogen (secondary N) is 2. The number of urea groups is 1. The second-order valence-corrected chi connectivity index (χ2v) is 2.84. The van der Waals surface area contributed by atoms with Gasteiger partial charge >= 0.3 is 6.03 Å². The average Bonchev–Trinajstić information content (AvgIpc) is 2.11. The molecule has 1 rings (SSSR count). The van der Waals surface area contributed by atoms with Crippen molar-refractivity contribution >= 4 is 34.5 Å². The van der Waals surface area contributed by atoms with E-state index < -0.39 is 6.03 Å². The molecule has 6 heteroatoms. The van der Waals surface area contributed by atoms with Crippen LogP contribution in [-0.4, -0.2) is 34.6 Å². The fourth-order valence-electron chi connectivity index (χ4n) is 0.737. The minimum absolute atomic E-state index is 0.253. The predicted molar refractivity (Wildman–Crippen MR) is 47.1 cm³/mol. The molecule has 0 atom stereocenters. The Bertz CT molecular complexity index is 185. The molecule has 0 aromatic carbocycles. The largest absolute Gasteiger partial charge is 0.325 e. The third-order valence-corrected chi connectivity index (χ3v) is 2.22. The Labute approximate surface area is 77.6 Å². The van der Waals surface area contributed by atoms with Crippen LogP contribution in [0.5, 0.6) is 0 Å². The van der Waals surface area contributed by atoms with Crippen molar-refractivity contribution in [2.45, 2.75) is 0 Å². The molecule has 1 heterocycles. The Morgan fingerprint density at radius 3 is 2.91 bits per heavy atom. The van der Waals surface area contributed by atoms with E-state index in [0.717, 1.165) is 4.55 Å². The minimum atomic E-state index is -0.414. The Kier molecular flexibility index (Phi) is 3.06. The van der Waals surface area contributed by atoms with Gasteiger partial charge in [-0.2, -0.15) is 0 Å². The molecule has 5 nitrogen and oxygen atoms in total. The van der Waals surface area contributed by atoms with Gasteiger partial charge in [-0.3, -0.25) is 15.0 Å². The third-order valence-electron chi connectivity index (χ3n) is 1.25. The van der Waals surface area contributed by atoms with Crippen LogP contribution in [0.1, 0.15) is 0 Å². The van der Waals surface area contributed by atoms with Gasteiger partial charge in [0.15, 0.2) is 0 Å². The number of alkyl halides is 1. The Hall–Kier alpha value is -0.370. The molecule has 1 aliphatic rings. The highest BCUT2D eigenvalue weighted by atomic mass is 127. The summed E-state index contributed by atoms with van der Waals surface area (Å²) in [7, 11) is 0. The molecule has 0 unspecified atom stereocenters. The number of carbonyl (C=O) groups excluding carboxylic acids is 2. The molecule has 0 bridgehead atoms. The van der Waals surface area contributed by atoms with Crippen LogP contribution in [0.25, 0.3) is 0 Å². The van der Waals surface area contributed by atoms with Crippen molar-refractivity contribution in [1.29, 1.82) is 0 Å². The fraction of sp³-hybridized carbons (Fsp3) is 0.600. The van der Waals surface area contributed by atoms with Crippen LogP contribution >= 0.6 is 22.6 Å². The topological polar surface area (TPSA) is 61.4 Å². The maximum Gasteiger partial charge on any atom is 0.322 e. The third kappa shape index (κ3) is 2.62. The smallest absolute Gasteiger partial charge is 0.322 e. The maximum atomic E-state index is 10.8. The highest BCUT2D eigenvalue weighted by molar-refractivity contribution is 14.1. The second-order valence-electron chi connectivity index (χ2n) is 2.16. The molecule has 0 aliphatic carbocycles. The van der Waals surface area contributed by atoms with Gasteiger partial charge in [0.1, 0.15) is 0 Å². The standard InChI is InChI=1S/C5H8IN3O2/c6-2-9-1-4(10)8-5(11)7-3-9/h1-3H2,(H2,7,8,10,11). The number of rotatable bonds is 1. The number of amides is 3. The van der Waals surface area contributed by atoms with Gasteiger partial charge in [-0.1, -0.05) is 22.6 Å². The lowest BCUT2D eigenvalue weighted by atomic mass is 10.5. The van der Waals surface area contributed by atoms with E-state index in [1.165, 1.54) is 0 Å². The van der Waals surface area contributed by atoms with E-state index in [2.05, 4.69) is 33.2 Å². The monoisotopic (exact) mass is 269 g/mol. The van der Waals surface area contributed by atoms with Crippen molar-refractivity contribution in [3.8, 4) is 0 Å². The van der Waals surface area contributed by atoms with Gasteiger partial charge in [0.05, 0.1) is 17.8 Å². The molecule has 62 valence electrons. The molecule has 0 radical (unpaired) electrons. The van der Waals surface area contributed by atoms with E-state index in [1.807, 2.05) is 4.90 Å². The Morgan fingerprint density at radius 2 is 2.27 bits per heavy atom. The number of hydrogen-bond donors (Lipinski definition) is 2. The predicted octanol–water partition coefficient (Wildman–Crippen LogP) is -0.522. The SMILES string of the molecule is O=C1CN(CI)CNC(=O)N1. The number of carbonyl (C=O) groups is 2. The van der Waals surface area contributed by atoms with Gasteiger partial charge in [0, 0.05) is 0 Å². The van der Waals surface area contributed by atoms with E-state index in [0.29, 0.717) is 6.67 Å². The molecule has 0 aromatic heterocycles. The lowest BCUT2D eigenvalue weighted by molar-refractivity contribution is -0.120. The molecular weight excluding hydrogens is 261 g/mol. The minimum Gasteiger partial charge on any atom is -0.325 e. The van der Waals surface area contributed by atoms with Crippen LogP contribution in [0.2, 0.25) is 0 Å². The molecule has 1 fully saturated rings. The summed E-state index contributed by atoms with van der Waals surface area (Å²) in [6.45, 7) is 0.711. The Balaban J connectivity index is 2.52. The summed E-state index contributed by atoms with van der Waals surface area (Å²) >= 11 is 2.14. The Morgan fingerprint density at radius 1 is 1.55 bits per heavy atom. The number of halogens is 1. The first-order valence-electron chi connectivity index (χ1n) is 3.08. The normalized spacial score (nSPS) is 20.5. The average molecular weight is 269 g/mol. The first kappa shape index (κ1) is 8.72. The van der Waals surface area contributed by atoms with E-state index >= 15 is 0 Å². The molecule has 3 amide bonds. The van der Waals surface area contributed by atoms with Gasteiger partial charge < -0.3 is 5.32 Å². The molecule has 1 saturated heterocycles. The summed E-state index contributed by atoms with van der Waals surface area (Å²) in [4.78, 5) is 23.3. The van der Waals surface area contributed by atoms with Gasteiger partial charge in [0.2, 0.25) is 5.91 Å². The van der Waals surface area contributed by atoms with Crippen LogP contribution in [0.15, 0.2) is 0 Å². The molecule has 0 spiro atoms. The van der Waals surface area contributed by atoms with Crippen LogP contribution < -0.4 is 10.6 Å². The molecule has 0 saturated carbocycles. The molecular formula is C5H8IN3O2. The van der Waals surface area contributed by atoms with Crippen molar-refractivity contribution in [1.82, 2.24) is 15.5 Å². The first-order valence-corrected chi connectivity index (χ1v) is 4.61. The van der Waals surface area contributed by atoms with E-state index in [1.54, 1.807) is 0 Å². The van der Waals surface area contributed by atoms with Gasteiger partial charge in [0.25, 0.3) is 0 Å². The van der Waals surface area contributed by atoms with Crippen LogP contribution in [-0.2, 0) is 4.79 Å². The van der Waals surface area contributed by atoms with Crippen molar-refractivity contribution in [3.05, 3.63) is 0 Å². The highest BCUT2D eigenvalue weighted by Crippen LogP contribution is 1.93. The zero-order valence-electron chi connectivity index (χ0n) is 5.76. The first-order chi connectivity index (χ1) is 5.22. The summed E-state index contributed by atoms with van der Waals surface area (Å²) < 4.78 is 0.728.